The molecular weight excluding hydrogens is 469 g/mol. The topological polar surface area (TPSA) is 96.4 Å². The SMILES string of the molecule is CCOC(=O)N1CCN(Cc2ccc(Nc3ncc(F)c(-c4ccc5scnc5c4)n3)nc2)CC1. The molecule has 9 nitrogen and oxygen atoms in total. The fraction of sp³-hybridized carbons (Fsp3) is 0.292. The van der Waals surface area contributed by atoms with Gasteiger partial charge >= 0.3 is 6.09 Å². The Bertz CT molecular complexity index is 1320. The van der Waals surface area contributed by atoms with Crippen LogP contribution in [0, 0.1) is 5.82 Å². The summed E-state index contributed by atoms with van der Waals surface area (Å²) in [5, 5.41) is 3.05. The van der Waals surface area contributed by atoms with Crippen LogP contribution in [0.3, 0.4) is 0 Å². The Hall–Kier alpha value is -3.70. The van der Waals surface area contributed by atoms with Gasteiger partial charge < -0.3 is 15.0 Å². The number of carbonyl (C=O) groups is 1. The normalized spacial score (nSPS) is 14.3. The van der Waals surface area contributed by atoms with Crippen molar-refractivity contribution in [3.8, 4) is 11.3 Å². The third-order valence-corrected chi connectivity index (χ3v) is 6.53. The van der Waals surface area contributed by atoms with Gasteiger partial charge in [0.15, 0.2) is 5.82 Å². The van der Waals surface area contributed by atoms with Gasteiger partial charge in [0.25, 0.3) is 0 Å². The summed E-state index contributed by atoms with van der Waals surface area (Å²) < 4.78 is 20.6. The number of halogens is 1. The van der Waals surface area contributed by atoms with Gasteiger partial charge in [-0.15, -0.1) is 11.3 Å². The highest BCUT2D eigenvalue weighted by Crippen LogP contribution is 2.27. The number of pyridine rings is 1. The molecule has 35 heavy (non-hydrogen) atoms. The maximum atomic E-state index is 14.5. The first-order chi connectivity index (χ1) is 17.1. The molecule has 180 valence electrons. The molecule has 0 bridgehead atoms. The van der Waals surface area contributed by atoms with Crippen LogP contribution in [0.2, 0.25) is 0 Å². The number of carbonyl (C=O) groups excluding carboxylic acids is 1. The Balaban J connectivity index is 1.21. The number of benzene rings is 1. The third kappa shape index (κ3) is 5.36. The number of hydrogen-bond acceptors (Lipinski definition) is 9. The second-order valence-electron chi connectivity index (χ2n) is 8.06. The number of fused-ring (bicyclic) bond motifs is 1. The summed E-state index contributed by atoms with van der Waals surface area (Å²) in [4.78, 5) is 33.0. The molecule has 0 spiro atoms. The molecule has 1 N–H and O–H groups in total. The van der Waals surface area contributed by atoms with Crippen molar-refractivity contribution in [3.05, 3.63) is 59.6 Å². The van der Waals surface area contributed by atoms with E-state index in [1.807, 2.05) is 37.3 Å². The lowest BCUT2D eigenvalue weighted by Gasteiger charge is -2.33. The molecule has 0 atom stereocenters. The fourth-order valence-corrected chi connectivity index (χ4v) is 4.56. The van der Waals surface area contributed by atoms with Gasteiger partial charge in [0.1, 0.15) is 11.5 Å². The van der Waals surface area contributed by atoms with E-state index in [1.165, 1.54) is 11.3 Å². The summed E-state index contributed by atoms with van der Waals surface area (Å²) in [7, 11) is 0. The van der Waals surface area contributed by atoms with Crippen molar-refractivity contribution >= 4 is 39.4 Å². The highest BCUT2D eigenvalue weighted by molar-refractivity contribution is 7.16. The summed E-state index contributed by atoms with van der Waals surface area (Å²) in [5.41, 5.74) is 4.46. The number of rotatable bonds is 6. The van der Waals surface area contributed by atoms with Crippen LogP contribution >= 0.6 is 11.3 Å². The van der Waals surface area contributed by atoms with Gasteiger partial charge in [0, 0.05) is 44.5 Å². The van der Waals surface area contributed by atoms with E-state index in [4.69, 9.17) is 4.74 Å². The fourth-order valence-electron chi connectivity index (χ4n) is 3.90. The number of amides is 1. The van der Waals surface area contributed by atoms with Crippen LogP contribution in [0.25, 0.3) is 21.5 Å². The quantitative estimate of drug-likeness (QED) is 0.425. The molecule has 1 saturated heterocycles. The number of aromatic nitrogens is 4. The second kappa shape index (κ2) is 10.3. The van der Waals surface area contributed by atoms with Crippen molar-refractivity contribution in [1.29, 1.82) is 0 Å². The lowest BCUT2D eigenvalue weighted by Crippen LogP contribution is -2.48. The van der Waals surface area contributed by atoms with Crippen LogP contribution in [0.15, 0.2) is 48.2 Å². The van der Waals surface area contributed by atoms with Crippen molar-refractivity contribution in [2.24, 2.45) is 0 Å². The first-order valence-electron chi connectivity index (χ1n) is 11.3. The summed E-state index contributed by atoms with van der Waals surface area (Å²) in [5.74, 6) is 0.319. The average molecular weight is 494 g/mol. The Morgan fingerprint density at radius 3 is 2.74 bits per heavy atom. The van der Waals surface area contributed by atoms with Crippen molar-refractivity contribution in [1.82, 2.24) is 29.7 Å². The van der Waals surface area contributed by atoms with Gasteiger partial charge in [0.05, 0.1) is 28.5 Å². The van der Waals surface area contributed by atoms with E-state index in [2.05, 4.69) is 30.2 Å². The number of hydrogen-bond donors (Lipinski definition) is 1. The van der Waals surface area contributed by atoms with Crippen LogP contribution in [0.5, 0.6) is 0 Å². The standard InChI is InChI=1S/C24H24FN7O2S/c1-2-34-24(33)32-9-7-31(8-10-32)14-16-3-6-21(26-12-16)29-23-27-13-18(25)22(30-23)17-4-5-20-19(11-17)28-15-35-20/h3-6,11-13,15H,2,7-10,14H2,1H3,(H,26,27,29,30). The molecule has 11 heteroatoms. The Labute approximate surface area is 205 Å². The first kappa shape index (κ1) is 23.1. The highest BCUT2D eigenvalue weighted by Gasteiger charge is 2.22. The number of nitrogens with one attached hydrogen (secondary N) is 1. The van der Waals surface area contributed by atoms with Crippen LogP contribution in [-0.4, -0.2) is 68.6 Å². The van der Waals surface area contributed by atoms with E-state index in [-0.39, 0.29) is 17.7 Å². The molecule has 1 aliphatic rings. The van der Waals surface area contributed by atoms with Crippen LogP contribution < -0.4 is 5.32 Å². The minimum Gasteiger partial charge on any atom is -0.450 e. The zero-order valence-electron chi connectivity index (χ0n) is 19.1. The minimum absolute atomic E-state index is 0.205. The van der Waals surface area contributed by atoms with Gasteiger partial charge in [-0.25, -0.2) is 29.1 Å². The molecule has 0 saturated carbocycles. The highest BCUT2D eigenvalue weighted by atomic mass is 32.1. The van der Waals surface area contributed by atoms with Gasteiger partial charge in [-0.05, 0) is 30.7 Å². The summed E-state index contributed by atoms with van der Waals surface area (Å²) in [6.45, 7) is 5.77. The molecule has 1 aliphatic heterocycles. The van der Waals surface area contributed by atoms with Gasteiger partial charge in [-0.2, -0.15) is 0 Å². The van der Waals surface area contributed by atoms with Gasteiger partial charge in [0.2, 0.25) is 5.95 Å². The zero-order valence-corrected chi connectivity index (χ0v) is 20.0. The Kier molecular flexibility index (Phi) is 6.77. The molecule has 1 fully saturated rings. The summed E-state index contributed by atoms with van der Waals surface area (Å²) >= 11 is 1.53. The van der Waals surface area contributed by atoms with Crippen LogP contribution in [-0.2, 0) is 11.3 Å². The number of piperazine rings is 1. The molecule has 3 aromatic heterocycles. The maximum Gasteiger partial charge on any atom is 0.409 e. The number of thiazole rings is 1. The van der Waals surface area contributed by atoms with Crippen molar-refractivity contribution in [2.45, 2.75) is 13.5 Å². The maximum absolute atomic E-state index is 14.5. The van der Waals surface area contributed by atoms with Gasteiger partial charge in [-0.1, -0.05) is 12.1 Å². The van der Waals surface area contributed by atoms with E-state index in [1.54, 1.807) is 16.6 Å². The number of nitrogens with zero attached hydrogens (tertiary/aromatic N) is 6. The minimum atomic E-state index is -0.503. The lowest BCUT2D eigenvalue weighted by atomic mass is 10.1. The lowest BCUT2D eigenvalue weighted by molar-refractivity contribution is 0.0778. The van der Waals surface area contributed by atoms with Crippen LogP contribution in [0.1, 0.15) is 12.5 Å². The van der Waals surface area contributed by atoms with Crippen molar-refractivity contribution in [3.63, 3.8) is 0 Å². The second-order valence-corrected chi connectivity index (χ2v) is 8.95. The van der Waals surface area contributed by atoms with Crippen LogP contribution in [0.4, 0.5) is 21.0 Å². The van der Waals surface area contributed by atoms with E-state index < -0.39 is 5.82 Å². The monoisotopic (exact) mass is 493 g/mol. The average Bonchev–Trinajstić information content (AvgIpc) is 3.35. The smallest absolute Gasteiger partial charge is 0.409 e. The molecule has 0 unspecified atom stereocenters. The van der Waals surface area contributed by atoms with Gasteiger partial charge in [-0.3, -0.25) is 4.90 Å². The molecule has 4 aromatic rings. The summed E-state index contributed by atoms with van der Waals surface area (Å²) in [6.07, 6.45) is 2.69. The molecule has 0 radical (unpaired) electrons. The molecule has 0 aliphatic carbocycles. The Morgan fingerprint density at radius 1 is 1.11 bits per heavy atom. The third-order valence-electron chi connectivity index (χ3n) is 5.72. The van der Waals surface area contributed by atoms with Crippen molar-refractivity contribution < 1.29 is 13.9 Å². The number of anilines is 2. The molecule has 1 amide bonds. The first-order valence-corrected chi connectivity index (χ1v) is 12.2. The summed E-state index contributed by atoms with van der Waals surface area (Å²) in [6, 6.07) is 9.38. The van der Waals surface area contributed by atoms with E-state index in [0.717, 1.165) is 41.6 Å². The molecular formula is C24H24FN7O2S. The van der Waals surface area contributed by atoms with E-state index in [9.17, 15) is 9.18 Å². The van der Waals surface area contributed by atoms with Crippen molar-refractivity contribution in [2.75, 3.05) is 38.1 Å². The molecule has 4 heterocycles. The predicted molar refractivity (Wildman–Crippen MR) is 132 cm³/mol. The molecule has 1 aromatic carbocycles. The van der Waals surface area contributed by atoms with E-state index >= 15 is 0 Å². The Morgan fingerprint density at radius 2 is 1.97 bits per heavy atom. The predicted octanol–water partition coefficient (Wildman–Crippen LogP) is 4.31. The van der Waals surface area contributed by atoms with E-state index in [0.29, 0.717) is 31.1 Å². The largest absolute Gasteiger partial charge is 0.450 e. The molecule has 5 rings (SSSR count). The number of ether oxygens (including phenoxy) is 1. The zero-order chi connectivity index (χ0) is 24.2.